The lowest BCUT2D eigenvalue weighted by molar-refractivity contribution is 0.368. The molecule has 1 aromatic carbocycles. The molecule has 0 aliphatic heterocycles. The molecule has 3 aromatic rings. The molecule has 0 aliphatic carbocycles. The predicted octanol–water partition coefficient (Wildman–Crippen LogP) is 4.08. The molecule has 2 aromatic heterocycles. The quantitative estimate of drug-likeness (QED) is 0.390. The highest BCUT2D eigenvalue weighted by Gasteiger charge is 2.13. The Labute approximate surface area is 178 Å². The third-order valence-electron chi connectivity index (χ3n) is 5.09. The Balaban J connectivity index is 1.59. The van der Waals surface area contributed by atoms with Crippen molar-refractivity contribution in [2.45, 2.75) is 59.2 Å². The first kappa shape index (κ1) is 21.6. The second kappa shape index (κ2) is 11.2. The topological polar surface area (TPSA) is 80.3 Å². The third-order valence-corrected chi connectivity index (χ3v) is 5.09. The van der Waals surface area contributed by atoms with Crippen LogP contribution in [0.5, 0.6) is 0 Å². The van der Waals surface area contributed by atoms with Crippen molar-refractivity contribution in [1.82, 2.24) is 25.3 Å². The Morgan fingerprint density at radius 1 is 1.13 bits per heavy atom. The van der Waals surface area contributed by atoms with E-state index in [4.69, 9.17) is 9.52 Å². The maximum Gasteiger partial charge on any atom is 0.191 e. The van der Waals surface area contributed by atoms with Crippen molar-refractivity contribution in [2.24, 2.45) is 4.99 Å². The molecular weight excluding hydrogens is 376 g/mol. The first-order valence-electron chi connectivity index (χ1n) is 10.7. The van der Waals surface area contributed by atoms with Crippen molar-refractivity contribution in [2.75, 3.05) is 6.54 Å². The van der Waals surface area contributed by atoms with Crippen LogP contribution in [-0.4, -0.2) is 27.2 Å². The van der Waals surface area contributed by atoms with E-state index in [1.165, 1.54) is 11.1 Å². The van der Waals surface area contributed by atoms with Crippen molar-refractivity contribution in [3.63, 3.8) is 0 Å². The molecule has 0 amide bonds. The van der Waals surface area contributed by atoms with Gasteiger partial charge in [0.2, 0.25) is 0 Å². The van der Waals surface area contributed by atoms with E-state index in [0.29, 0.717) is 19.0 Å². The van der Waals surface area contributed by atoms with Crippen LogP contribution in [-0.2, 0) is 19.6 Å². The zero-order valence-electron chi connectivity index (χ0n) is 18.1. The molecule has 0 fully saturated rings. The van der Waals surface area contributed by atoms with Gasteiger partial charge < -0.3 is 19.7 Å². The molecule has 0 saturated heterocycles. The molecule has 0 unspecified atom stereocenters. The minimum absolute atomic E-state index is 0.457. The van der Waals surface area contributed by atoms with Gasteiger partial charge in [-0.2, -0.15) is 0 Å². The fraction of sp³-hybridized carbons (Fsp3) is 0.435. The van der Waals surface area contributed by atoms with Crippen LogP contribution in [0, 0.1) is 0 Å². The molecule has 0 atom stereocenters. The Hall–Kier alpha value is -3.09. The summed E-state index contributed by atoms with van der Waals surface area (Å²) < 4.78 is 7.56. The SMILES string of the molecule is CCNC(=NCc1cccc(Cn2ccnc2)c1)NCc1cc(C(CC)CC)no1. The minimum Gasteiger partial charge on any atom is -0.359 e. The number of nitrogens with zero attached hydrogens (tertiary/aromatic N) is 4. The van der Waals surface area contributed by atoms with Crippen LogP contribution in [0.15, 0.2) is 58.6 Å². The van der Waals surface area contributed by atoms with Crippen molar-refractivity contribution in [3.8, 4) is 0 Å². The number of imidazole rings is 1. The molecular formula is C23H32N6O. The second-order valence-corrected chi connectivity index (χ2v) is 7.34. The second-order valence-electron chi connectivity index (χ2n) is 7.34. The van der Waals surface area contributed by atoms with E-state index in [-0.39, 0.29) is 0 Å². The maximum atomic E-state index is 5.50. The number of rotatable bonds is 10. The third kappa shape index (κ3) is 6.20. The molecule has 7 heteroatoms. The summed E-state index contributed by atoms with van der Waals surface area (Å²) in [5.41, 5.74) is 3.43. The van der Waals surface area contributed by atoms with Crippen molar-refractivity contribution in [1.29, 1.82) is 0 Å². The lowest BCUT2D eigenvalue weighted by atomic mass is 9.99. The number of hydrogen-bond donors (Lipinski definition) is 2. The average Bonchev–Trinajstić information content (AvgIpc) is 3.44. The van der Waals surface area contributed by atoms with Gasteiger partial charge in [-0.05, 0) is 30.9 Å². The van der Waals surface area contributed by atoms with Gasteiger partial charge >= 0.3 is 0 Å². The molecule has 0 saturated carbocycles. The molecule has 0 bridgehead atoms. The maximum absolute atomic E-state index is 5.50. The minimum atomic E-state index is 0.457. The molecule has 2 N–H and O–H groups in total. The van der Waals surface area contributed by atoms with Crippen molar-refractivity contribution < 1.29 is 4.52 Å². The fourth-order valence-corrected chi connectivity index (χ4v) is 3.41. The standard InChI is InChI=1S/C23H32N6O/c1-4-20(5-2)22-13-21(30-28-22)15-27-23(25-6-3)26-14-18-8-7-9-19(12-18)16-29-11-10-24-17-29/h7-13,17,20H,4-6,14-16H2,1-3H3,(H2,25,26,27). The number of nitrogens with one attached hydrogen (secondary N) is 2. The lowest BCUT2D eigenvalue weighted by Gasteiger charge is -2.10. The molecule has 0 aliphatic rings. The van der Waals surface area contributed by atoms with Gasteiger partial charge in [-0.25, -0.2) is 9.98 Å². The fourth-order valence-electron chi connectivity index (χ4n) is 3.41. The molecule has 0 radical (unpaired) electrons. The van der Waals surface area contributed by atoms with Crippen molar-refractivity contribution in [3.05, 3.63) is 71.6 Å². The summed E-state index contributed by atoms with van der Waals surface area (Å²) >= 11 is 0. The summed E-state index contributed by atoms with van der Waals surface area (Å²) in [6, 6.07) is 10.5. The van der Waals surface area contributed by atoms with Gasteiger partial charge in [0.25, 0.3) is 0 Å². The van der Waals surface area contributed by atoms with Crippen molar-refractivity contribution >= 4 is 5.96 Å². The van der Waals surface area contributed by atoms with Crippen LogP contribution >= 0.6 is 0 Å². The summed E-state index contributed by atoms with van der Waals surface area (Å²) in [6.45, 7) is 9.18. The molecule has 3 rings (SSSR count). The first-order valence-corrected chi connectivity index (χ1v) is 10.7. The van der Waals surface area contributed by atoms with Gasteiger partial charge in [-0.15, -0.1) is 0 Å². The van der Waals surface area contributed by atoms with Crippen LogP contribution in [0.1, 0.15) is 62.1 Å². The zero-order chi connectivity index (χ0) is 21.2. The molecule has 0 spiro atoms. The summed E-state index contributed by atoms with van der Waals surface area (Å²) in [5, 5.41) is 10.9. The Kier molecular flexibility index (Phi) is 8.06. The highest BCUT2D eigenvalue weighted by atomic mass is 16.5. The van der Waals surface area contributed by atoms with E-state index >= 15 is 0 Å². The van der Waals surface area contributed by atoms with Gasteiger partial charge in [-0.1, -0.05) is 43.3 Å². The van der Waals surface area contributed by atoms with Gasteiger partial charge in [0, 0.05) is 37.5 Å². The number of hydrogen-bond acceptors (Lipinski definition) is 4. The van der Waals surface area contributed by atoms with E-state index in [2.05, 4.69) is 70.4 Å². The number of guanidine groups is 1. The van der Waals surface area contributed by atoms with E-state index in [0.717, 1.165) is 43.3 Å². The summed E-state index contributed by atoms with van der Waals surface area (Å²) in [7, 11) is 0. The molecule has 30 heavy (non-hydrogen) atoms. The predicted molar refractivity (Wildman–Crippen MR) is 119 cm³/mol. The Bertz CT molecular complexity index is 911. The van der Waals surface area contributed by atoms with Gasteiger partial charge in [-0.3, -0.25) is 0 Å². The van der Waals surface area contributed by atoms with E-state index in [1.807, 2.05) is 18.6 Å². The van der Waals surface area contributed by atoms with E-state index in [1.54, 1.807) is 6.20 Å². The smallest absolute Gasteiger partial charge is 0.191 e. The number of aliphatic imine (C=N–C) groups is 1. The molecule has 2 heterocycles. The van der Waals surface area contributed by atoms with Crippen LogP contribution < -0.4 is 10.6 Å². The number of aromatic nitrogens is 3. The first-order chi connectivity index (χ1) is 14.7. The van der Waals surface area contributed by atoms with Gasteiger partial charge in [0.15, 0.2) is 11.7 Å². The normalized spacial score (nSPS) is 11.8. The van der Waals surface area contributed by atoms with Gasteiger partial charge in [0.1, 0.15) is 0 Å². The Morgan fingerprint density at radius 3 is 2.70 bits per heavy atom. The van der Waals surface area contributed by atoms with E-state index < -0.39 is 0 Å². The van der Waals surface area contributed by atoms with Crippen LogP contribution in [0.4, 0.5) is 0 Å². The monoisotopic (exact) mass is 408 g/mol. The summed E-state index contributed by atoms with van der Waals surface area (Å²) in [4.78, 5) is 8.82. The van der Waals surface area contributed by atoms with Gasteiger partial charge in [0.05, 0.1) is 25.1 Å². The Morgan fingerprint density at radius 2 is 1.97 bits per heavy atom. The summed E-state index contributed by atoms with van der Waals surface area (Å²) in [6.07, 6.45) is 7.73. The van der Waals surface area contributed by atoms with Crippen LogP contribution in [0.3, 0.4) is 0 Å². The van der Waals surface area contributed by atoms with E-state index in [9.17, 15) is 0 Å². The van der Waals surface area contributed by atoms with Crippen LogP contribution in [0.25, 0.3) is 0 Å². The largest absolute Gasteiger partial charge is 0.359 e. The summed E-state index contributed by atoms with van der Waals surface area (Å²) in [5.74, 6) is 2.04. The average molecular weight is 409 g/mol. The lowest BCUT2D eigenvalue weighted by Crippen LogP contribution is -2.36. The molecule has 160 valence electrons. The number of benzene rings is 1. The highest BCUT2D eigenvalue weighted by Crippen LogP contribution is 2.22. The molecule has 7 nitrogen and oxygen atoms in total. The zero-order valence-corrected chi connectivity index (χ0v) is 18.1. The highest BCUT2D eigenvalue weighted by molar-refractivity contribution is 5.79. The van der Waals surface area contributed by atoms with Crippen LogP contribution in [0.2, 0.25) is 0 Å².